The van der Waals surface area contributed by atoms with Gasteiger partial charge in [0, 0.05) is 16.8 Å². The fraction of sp³-hybridized carbons (Fsp3) is 0.118. The van der Waals surface area contributed by atoms with E-state index < -0.39 is 0 Å². The fourth-order valence-corrected chi connectivity index (χ4v) is 1.80. The fourth-order valence-electron chi connectivity index (χ4n) is 1.80. The minimum absolute atomic E-state index is 0.152. The zero-order valence-electron chi connectivity index (χ0n) is 11.2. The van der Waals surface area contributed by atoms with Gasteiger partial charge in [-0.05, 0) is 42.8 Å². The van der Waals surface area contributed by atoms with Crippen molar-refractivity contribution in [1.29, 1.82) is 0 Å². The predicted octanol–water partition coefficient (Wildman–Crippen LogP) is 2.59. The maximum absolute atomic E-state index is 12.1. The highest BCUT2D eigenvalue weighted by atomic mass is 16.2. The van der Waals surface area contributed by atoms with Crippen LogP contribution in [0.4, 0.5) is 5.69 Å². The lowest BCUT2D eigenvalue weighted by molar-refractivity contribution is 0.102. The van der Waals surface area contributed by atoms with Crippen LogP contribution in [0.5, 0.6) is 0 Å². The molecule has 2 aromatic carbocycles. The molecule has 0 radical (unpaired) electrons. The van der Waals surface area contributed by atoms with Gasteiger partial charge >= 0.3 is 0 Å². The lowest BCUT2D eigenvalue weighted by Crippen LogP contribution is -2.12. The second-order valence-electron chi connectivity index (χ2n) is 4.31. The molecule has 0 spiro atoms. The summed E-state index contributed by atoms with van der Waals surface area (Å²) in [4.78, 5) is 12.1. The van der Waals surface area contributed by atoms with E-state index >= 15 is 0 Å². The number of nitrogens with one attached hydrogen (secondary N) is 1. The molecule has 0 aromatic heterocycles. The van der Waals surface area contributed by atoms with Crippen LogP contribution in [0.1, 0.15) is 21.5 Å². The first kappa shape index (κ1) is 13.9. The Hall–Kier alpha value is -2.57. The SMILES string of the molecule is Cc1cc(C(=O)Nc2ccccc2)ccc1C#CCO. The van der Waals surface area contributed by atoms with Crippen LogP contribution in [0.2, 0.25) is 0 Å². The first-order valence-corrected chi connectivity index (χ1v) is 6.27. The Balaban J connectivity index is 2.17. The van der Waals surface area contributed by atoms with Crippen molar-refractivity contribution in [1.82, 2.24) is 0 Å². The minimum Gasteiger partial charge on any atom is -0.384 e. The second kappa shape index (κ2) is 6.55. The molecule has 1 amide bonds. The number of carbonyl (C=O) groups is 1. The maximum atomic E-state index is 12.1. The van der Waals surface area contributed by atoms with Crippen LogP contribution in [-0.4, -0.2) is 17.6 Å². The second-order valence-corrected chi connectivity index (χ2v) is 4.31. The van der Waals surface area contributed by atoms with Gasteiger partial charge in [-0.1, -0.05) is 30.0 Å². The van der Waals surface area contributed by atoms with Crippen molar-refractivity contribution in [3.05, 3.63) is 65.2 Å². The standard InChI is InChI=1S/C17H15NO2/c1-13-12-15(10-9-14(13)6-5-11-19)17(20)18-16-7-3-2-4-8-16/h2-4,7-10,12,19H,11H2,1H3,(H,18,20). The lowest BCUT2D eigenvalue weighted by Gasteiger charge is -2.06. The third kappa shape index (κ3) is 3.47. The number of carbonyl (C=O) groups excluding carboxylic acids is 1. The molecule has 0 saturated heterocycles. The highest BCUT2D eigenvalue weighted by Crippen LogP contribution is 2.13. The van der Waals surface area contributed by atoms with E-state index in [1.165, 1.54) is 0 Å². The molecule has 0 aliphatic rings. The average Bonchev–Trinajstić information content (AvgIpc) is 2.47. The molecule has 0 heterocycles. The van der Waals surface area contributed by atoms with Gasteiger partial charge in [0.2, 0.25) is 0 Å². The zero-order chi connectivity index (χ0) is 14.4. The van der Waals surface area contributed by atoms with Gasteiger partial charge in [-0.3, -0.25) is 4.79 Å². The molecule has 0 unspecified atom stereocenters. The molecule has 0 saturated carbocycles. The van der Waals surface area contributed by atoms with Gasteiger partial charge in [-0.2, -0.15) is 0 Å². The van der Waals surface area contributed by atoms with Crippen molar-refractivity contribution >= 4 is 11.6 Å². The van der Waals surface area contributed by atoms with E-state index in [4.69, 9.17) is 5.11 Å². The monoisotopic (exact) mass is 265 g/mol. The molecule has 0 atom stereocenters. The van der Waals surface area contributed by atoms with Crippen molar-refractivity contribution in [2.24, 2.45) is 0 Å². The molecular formula is C17H15NO2. The van der Waals surface area contributed by atoms with Crippen LogP contribution in [0.25, 0.3) is 0 Å². The summed E-state index contributed by atoms with van der Waals surface area (Å²) in [5, 5.41) is 11.5. The Morgan fingerprint density at radius 3 is 2.60 bits per heavy atom. The normalized spacial score (nSPS) is 9.50. The number of aliphatic hydroxyl groups excluding tert-OH is 1. The number of para-hydroxylation sites is 1. The van der Waals surface area contributed by atoms with Crippen LogP contribution >= 0.6 is 0 Å². The summed E-state index contributed by atoms with van der Waals surface area (Å²) in [6.07, 6.45) is 0. The number of hydrogen-bond donors (Lipinski definition) is 2. The summed E-state index contributed by atoms with van der Waals surface area (Å²) in [7, 11) is 0. The van der Waals surface area contributed by atoms with E-state index in [-0.39, 0.29) is 12.5 Å². The van der Waals surface area contributed by atoms with Crippen molar-refractivity contribution in [2.45, 2.75) is 6.92 Å². The quantitative estimate of drug-likeness (QED) is 0.820. The minimum atomic E-state index is -0.171. The van der Waals surface area contributed by atoms with Gasteiger partial charge in [0.15, 0.2) is 0 Å². The van der Waals surface area contributed by atoms with Gasteiger partial charge in [-0.25, -0.2) is 0 Å². The Morgan fingerprint density at radius 1 is 1.20 bits per heavy atom. The van der Waals surface area contributed by atoms with Crippen molar-refractivity contribution in [3.8, 4) is 11.8 Å². The largest absolute Gasteiger partial charge is 0.384 e. The van der Waals surface area contributed by atoms with E-state index in [1.807, 2.05) is 37.3 Å². The van der Waals surface area contributed by atoms with E-state index in [0.29, 0.717) is 5.56 Å². The molecule has 2 aromatic rings. The van der Waals surface area contributed by atoms with E-state index in [9.17, 15) is 4.79 Å². The average molecular weight is 265 g/mol. The summed E-state index contributed by atoms with van der Waals surface area (Å²) >= 11 is 0. The molecule has 0 fully saturated rings. The molecule has 0 bridgehead atoms. The molecule has 2 rings (SSSR count). The van der Waals surface area contributed by atoms with Gasteiger partial charge in [0.25, 0.3) is 5.91 Å². The molecule has 20 heavy (non-hydrogen) atoms. The molecule has 100 valence electrons. The molecule has 3 nitrogen and oxygen atoms in total. The first-order chi connectivity index (χ1) is 9.70. The number of rotatable bonds is 2. The van der Waals surface area contributed by atoms with Gasteiger partial charge in [0.1, 0.15) is 6.61 Å². The highest BCUT2D eigenvalue weighted by molar-refractivity contribution is 6.04. The highest BCUT2D eigenvalue weighted by Gasteiger charge is 2.07. The summed E-state index contributed by atoms with van der Waals surface area (Å²) in [6.45, 7) is 1.72. The summed E-state index contributed by atoms with van der Waals surface area (Å²) in [5.74, 6) is 5.29. The van der Waals surface area contributed by atoms with Gasteiger partial charge in [0.05, 0.1) is 0 Å². The third-order valence-electron chi connectivity index (χ3n) is 2.82. The molecule has 2 N–H and O–H groups in total. The molecule has 0 aliphatic carbocycles. The van der Waals surface area contributed by atoms with Gasteiger partial charge < -0.3 is 10.4 Å². The Morgan fingerprint density at radius 2 is 1.95 bits per heavy atom. The third-order valence-corrected chi connectivity index (χ3v) is 2.82. The van der Waals surface area contributed by atoms with E-state index in [2.05, 4.69) is 17.2 Å². The Bertz CT molecular complexity index is 666. The van der Waals surface area contributed by atoms with Crippen LogP contribution < -0.4 is 5.32 Å². The number of aliphatic hydroxyl groups is 1. The first-order valence-electron chi connectivity index (χ1n) is 6.27. The van der Waals surface area contributed by atoms with E-state index in [0.717, 1.165) is 16.8 Å². The number of hydrogen-bond acceptors (Lipinski definition) is 2. The van der Waals surface area contributed by atoms with E-state index in [1.54, 1.807) is 18.2 Å². The predicted molar refractivity (Wildman–Crippen MR) is 79.5 cm³/mol. The number of benzene rings is 2. The van der Waals surface area contributed by atoms with Crippen LogP contribution in [-0.2, 0) is 0 Å². The lowest BCUT2D eigenvalue weighted by atomic mass is 10.0. The Labute approximate surface area is 118 Å². The van der Waals surface area contributed by atoms with Gasteiger partial charge in [-0.15, -0.1) is 0 Å². The molecule has 3 heteroatoms. The number of anilines is 1. The molecular weight excluding hydrogens is 250 g/mol. The van der Waals surface area contributed by atoms with Crippen molar-refractivity contribution < 1.29 is 9.90 Å². The van der Waals surface area contributed by atoms with Crippen LogP contribution in [0.3, 0.4) is 0 Å². The maximum Gasteiger partial charge on any atom is 0.255 e. The molecule has 0 aliphatic heterocycles. The van der Waals surface area contributed by atoms with Crippen molar-refractivity contribution in [2.75, 3.05) is 11.9 Å². The summed E-state index contributed by atoms with van der Waals surface area (Å²) < 4.78 is 0. The summed E-state index contributed by atoms with van der Waals surface area (Å²) in [5.41, 5.74) is 3.07. The zero-order valence-corrected chi connectivity index (χ0v) is 11.2. The number of aryl methyl sites for hydroxylation is 1. The number of amides is 1. The topological polar surface area (TPSA) is 49.3 Å². The smallest absolute Gasteiger partial charge is 0.255 e. The van der Waals surface area contributed by atoms with Crippen molar-refractivity contribution in [3.63, 3.8) is 0 Å². The van der Waals surface area contributed by atoms with Crippen LogP contribution in [0, 0.1) is 18.8 Å². The Kier molecular flexibility index (Phi) is 4.54. The summed E-state index contributed by atoms with van der Waals surface area (Å²) in [6, 6.07) is 14.6. The van der Waals surface area contributed by atoms with Crippen LogP contribution in [0.15, 0.2) is 48.5 Å².